The maximum Gasteiger partial charge on any atom is 0.134 e. The van der Waals surface area contributed by atoms with Gasteiger partial charge in [0.25, 0.3) is 0 Å². The summed E-state index contributed by atoms with van der Waals surface area (Å²) in [5.41, 5.74) is 2.33. The molecule has 20 heavy (non-hydrogen) atoms. The van der Waals surface area contributed by atoms with E-state index < -0.39 is 0 Å². The van der Waals surface area contributed by atoms with Gasteiger partial charge >= 0.3 is 0 Å². The van der Waals surface area contributed by atoms with Gasteiger partial charge in [-0.05, 0) is 44.9 Å². The zero-order valence-electron chi connectivity index (χ0n) is 12.3. The summed E-state index contributed by atoms with van der Waals surface area (Å²) in [4.78, 5) is 0. The van der Waals surface area contributed by atoms with Gasteiger partial charge in [-0.1, -0.05) is 18.2 Å². The van der Waals surface area contributed by atoms with Crippen LogP contribution in [-0.2, 0) is 6.54 Å². The summed E-state index contributed by atoms with van der Waals surface area (Å²) in [6.45, 7) is 3.00. The van der Waals surface area contributed by atoms with Gasteiger partial charge in [-0.25, -0.2) is 0 Å². The van der Waals surface area contributed by atoms with Crippen LogP contribution in [0.4, 0.5) is 0 Å². The molecular weight excluding hydrogens is 266 g/mol. The fourth-order valence-corrected chi connectivity index (χ4v) is 3.93. The molecule has 2 aromatic rings. The predicted molar refractivity (Wildman–Crippen MR) is 87.3 cm³/mol. The molecule has 3 heteroatoms. The van der Waals surface area contributed by atoms with Gasteiger partial charge in [0.15, 0.2) is 0 Å². The molecule has 0 spiro atoms. The molecule has 1 N–H and O–H groups in total. The fraction of sp³-hybridized carbons (Fsp3) is 0.529. The Labute approximate surface area is 125 Å². The molecule has 1 fully saturated rings. The second-order valence-corrected chi connectivity index (χ2v) is 6.86. The Morgan fingerprint density at radius 1 is 1.20 bits per heavy atom. The molecule has 1 saturated carbocycles. The van der Waals surface area contributed by atoms with Crippen LogP contribution in [-0.4, -0.2) is 17.5 Å². The standard InChI is InChI=1S/C17H23NOS/c1-12-16(15-5-3-4-6-17(15)19-12)11-18-13-7-9-14(20-2)10-8-13/h3-6,13-14,18H,7-11H2,1-2H3. The lowest BCUT2D eigenvalue weighted by Gasteiger charge is -2.28. The number of thioether (sulfide) groups is 1. The van der Waals surface area contributed by atoms with Crippen LogP contribution in [0.5, 0.6) is 0 Å². The maximum absolute atomic E-state index is 5.83. The van der Waals surface area contributed by atoms with E-state index in [0.29, 0.717) is 6.04 Å². The first-order valence-electron chi connectivity index (χ1n) is 7.51. The van der Waals surface area contributed by atoms with E-state index in [9.17, 15) is 0 Å². The van der Waals surface area contributed by atoms with Crippen LogP contribution in [0.25, 0.3) is 11.0 Å². The number of hydrogen-bond acceptors (Lipinski definition) is 3. The first-order valence-corrected chi connectivity index (χ1v) is 8.80. The molecule has 1 aliphatic rings. The molecular formula is C17H23NOS. The monoisotopic (exact) mass is 289 g/mol. The third-order valence-electron chi connectivity index (χ3n) is 4.48. The van der Waals surface area contributed by atoms with Crippen molar-refractivity contribution in [2.75, 3.05) is 6.26 Å². The zero-order chi connectivity index (χ0) is 13.9. The molecule has 2 nitrogen and oxygen atoms in total. The molecule has 1 aromatic carbocycles. The van der Waals surface area contributed by atoms with Crippen LogP contribution in [0, 0.1) is 6.92 Å². The van der Waals surface area contributed by atoms with Gasteiger partial charge in [0.2, 0.25) is 0 Å². The van der Waals surface area contributed by atoms with Gasteiger partial charge in [-0.2, -0.15) is 11.8 Å². The summed E-state index contributed by atoms with van der Waals surface area (Å²) in [7, 11) is 0. The highest BCUT2D eigenvalue weighted by molar-refractivity contribution is 7.99. The topological polar surface area (TPSA) is 25.2 Å². The van der Waals surface area contributed by atoms with Crippen LogP contribution in [0.1, 0.15) is 37.0 Å². The third kappa shape index (κ3) is 2.89. The maximum atomic E-state index is 5.83. The van der Waals surface area contributed by atoms with E-state index in [1.807, 2.05) is 17.8 Å². The van der Waals surface area contributed by atoms with Gasteiger partial charge in [-0.3, -0.25) is 0 Å². The van der Waals surface area contributed by atoms with Crippen LogP contribution < -0.4 is 5.32 Å². The van der Waals surface area contributed by atoms with E-state index in [1.54, 1.807) is 0 Å². The molecule has 108 valence electrons. The molecule has 0 unspecified atom stereocenters. The van der Waals surface area contributed by atoms with Crippen molar-refractivity contribution in [1.29, 1.82) is 0 Å². The van der Waals surface area contributed by atoms with Crippen molar-refractivity contribution in [3.63, 3.8) is 0 Å². The largest absolute Gasteiger partial charge is 0.461 e. The summed E-state index contributed by atoms with van der Waals surface area (Å²) in [5.74, 6) is 1.05. The quantitative estimate of drug-likeness (QED) is 0.897. The van der Waals surface area contributed by atoms with Crippen molar-refractivity contribution in [2.45, 2.75) is 50.4 Å². The first kappa shape index (κ1) is 14.0. The normalized spacial score (nSPS) is 23.3. The second-order valence-electron chi connectivity index (χ2n) is 5.72. The van der Waals surface area contributed by atoms with Gasteiger partial charge in [0.1, 0.15) is 11.3 Å². The summed E-state index contributed by atoms with van der Waals surface area (Å²) in [5, 5.41) is 5.87. The Balaban J connectivity index is 1.64. The van der Waals surface area contributed by atoms with Crippen molar-refractivity contribution in [3.8, 4) is 0 Å². The third-order valence-corrected chi connectivity index (χ3v) is 5.61. The van der Waals surface area contributed by atoms with Crippen molar-refractivity contribution in [3.05, 3.63) is 35.6 Å². The summed E-state index contributed by atoms with van der Waals surface area (Å²) in [6.07, 6.45) is 7.55. The molecule has 3 rings (SSSR count). The Morgan fingerprint density at radius 2 is 1.95 bits per heavy atom. The molecule has 0 aliphatic heterocycles. The number of rotatable bonds is 4. The number of aryl methyl sites for hydroxylation is 1. The molecule has 0 saturated heterocycles. The minimum absolute atomic E-state index is 0.673. The first-order chi connectivity index (χ1) is 9.78. The average molecular weight is 289 g/mol. The Morgan fingerprint density at radius 3 is 2.70 bits per heavy atom. The highest BCUT2D eigenvalue weighted by Gasteiger charge is 2.20. The predicted octanol–water partition coefficient (Wildman–Crippen LogP) is 4.51. The number of hydrogen-bond donors (Lipinski definition) is 1. The van der Waals surface area contributed by atoms with Gasteiger partial charge in [0.05, 0.1) is 0 Å². The molecule has 1 heterocycles. The smallest absolute Gasteiger partial charge is 0.134 e. The number of furan rings is 1. The van der Waals surface area contributed by atoms with Crippen molar-refractivity contribution >= 4 is 22.7 Å². The van der Waals surface area contributed by atoms with Crippen molar-refractivity contribution in [1.82, 2.24) is 5.32 Å². The highest BCUT2D eigenvalue weighted by atomic mass is 32.2. The minimum atomic E-state index is 0.673. The van der Waals surface area contributed by atoms with Gasteiger partial charge < -0.3 is 9.73 Å². The molecule has 0 amide bonds. The van der Waals surface area contributed by atoms with Crippen LogP contribution in [0.2, 0.25) is 0 Å². The highest BCUT2D eigenvalue weighted by Crippen LogP contribution is 2.28. The lowest BCUT2D eigenvalue weighted by Crippen LogP contribution is -2.33. The van der Waals surface area contributed by atoms with E-state index in [0.717, 1.165) is 23.1 Å². The van der Waals surface area contributed by atoms with Gasteiger partial charge in [0, 0.05) is 28.8 Å². The minimum Gasteiger partial charge on any atom is -0.461 e. The number of para-hydroxylation sites is 1. The van der Waals surface area contributed by atoms with E-state index in [2.05, 4.69) is 36.7 Å². The number of nitrogens with one attached hydrogen (secondary N) is 1. The summed E-state index contributed by atoms with van der Waals surface area (Å²) in [6, 6.07) is 9.01. The Kier molecular flexibility index (Phi) is 4.37. The molecule has 0 atom stereocenters. The number of fused-ring (bicyclic) bond motifs is 1. The van der Waals surface area contributed by atoms with E-state index in [-0.39, 0.29) is 0 Å². The van der Waals surface area contributed by atoms with Gasteiger partial charge in [-0.15, -0.1) is 0 Å². The Bertz CT molecular complexity index is 569. The molecule has 1 aliphatic carbocycles. The van der Waals surface area contributed by atoms with E-state index in [4.69, 9.17) is 4.42 Å². The number of benzene rings is 1. The zero-order valence-corrected chi connectivity index (χ0v) is 13.1. The molecule has 0 radical (unpaired) electrons. The fourth-order valence-electron chi connectivity index (χ4n) is 3.19. The average Bonchev–Trinajstić information content (AvgIpc) is 2.81. The lowest BCUT2D eigenvalue weighted by molar-refractivity contribution is 0.378. The van der Waals surface area contributed by atoms with E-state index in [1.165, 1.54) is 36.6 Å². The van der Waals surface area contributed by atoms with Crippen LogP contribution in [0.15, 0.2) is 28.7 Å². The summed E-state index contributed by atoms with van der Waals surface area (Å²) >= 11 is 2.03. The SMILES string of the molecule is CSC1CCC(NCc2c(C)oc3ccccc23)CC1. The molecule has 1 aromatic heterocycles. The van der Waals surface area contributed by atoms with Crippen LogP contribution in [0.3, 0.4) is 0 Å². The Hall–Kier alpha value is -0.930. The second kappa shape index (κ2) is 6.23. The van der Waals surface area contributed by atoms with Crippen molar-refractivity contribution < 1.29 is 4.42 Å². The molecule has 0 bridgehead atoms. The summed E-state index contributed by atoms with van der Waals surface area (Å²) < 4.78 is 5.83. The van der Waals surface area contributed by atoms with Crippen LogP contribution >= 0.6 is 11.8 Å². The van der Waals surface area contributed by atoms with E-state index >= 15 is 0 Å². The van der Waals surface area contributed by atoms with Crippen molar-refractivity contribution in [2.24, 2.45) is 0 Å². The lowest BCUT2D eigenvalue weighted by atomic mass is 9.94.